The summed E-state index contributed by atoms with van der Waals surface area (Å²) in [7, 11) is 0. The summed E-state index contributed by atoms with van der Waals surface area (Å²) >= 11 is 1.87. The van der Waals surface area contributed by atoms with E-state index in [2.05, 4.69) is 60.6 Å². The van der Waals surface area contributed by atoms with Gasteiger partial charge in [-0.15, -0.1) is 11.3 Å². The topological polar surface area (TPSA) is 15.3 Å². The smallest absolute Gasteiger partial charge is 0.0346 e. The molecule has 2 atom stereocenters. The lowest BCUT2D eigenvalue weighted by molar-refractivity contribution is 0.0413. The third-order valence-corrected chi connectivity index (χ3v) is 6.16. The first kappa shape index (κ1) is 15.0. The van der Waals surface area contributed by atoms with Crippen molar-refractivity contribution < 1.29 is 0 Å². The minimum absolute atomic E-state index is 0.273. The van der Waals surface area contributed by atoms with E-state index in [1.165, 1.54) is 28.5 Å². The predicted molar refractivity (Wildman–Crippen MR) is 93.0 cm³/mol. The van der Waals surface area contributed by atoms with Gasteiger partial charge in [-0.05, 0) is 42.2 Å². The van der Waals surface area contributed by atoms with Crippen molar-refractivity contribution in [3.8, 4) is 0 Å². The maximum Gasteiger partial charge on any atom is 0.0346 e. The molecule has 1 N–H and O–H groups in total. The molecule has 3 heteroatoms. The fourth-order valence-electron chi connectivity index (χ4n) is 3.27. The van der Waals surface area contributed by atoms with Gasteiger partial charge in [-0.25, -0.2) is 0 Å². The molecular formula is C18H26N2S. The van der Waals surface area contributed by atoms with Gasteiger partial charge in [0, 0.05) is 35.9 Å². The van der Waals surface area contributed by atoms with Crippen LogP contribution in [0.4, 0.5) is 0 Å². The number of nitrogens with one attached hydrogen (secondary N) is 1. The first-order valence-corrected chi connectivity index (χ1v) is 8.98. The Morgan fingerprint density at radius 3 is 2.90 bits per heavy atom. The highest BCUT2D eigenvalue weighted by Gasteiger charge is 2.35. The maximum atomic E-state index is 3.72. The first-order valence-electron chi connectivity index (χ1n) is 8.10. The van der Waals surface area contributed by atoms with E-state index < -0.39 is 0 Å². The molecule has 2 nitrogen and oxygen atoms in total. The molecule has 0 saturated carbocycles. The van der Waals surface area contributed by atoms with Crippen LogP contribution < -0.4 is 5.32 Å². The molecule has 1 fully saturated rings. The summed E-state index contributed by atoms with van der Waals surface area (Å²) in [4.78, 5) is 2.70. The van der Waals surface area contributed by atoms with E-state index in [1.54, 1.807) is 0 Å². The fourth-order valence-corrected chi connectivity index (χ4v) is 4.22. The molecule has 2 aromatic rings. The minimum atomic E-state index is 0.273. The normalized spacial score (nSPS) is 27.3. The number of rotatable bonds is 4. The highest BCUT2D eigenvalue weighted by atomic mass is 32.1. The van der Waals surface area contributed by atoms with Crippen LogP contribution >= 0.6 is 11.3 Å². The van der Waals surface area contributed by atoms with Crippen molar-refractivity contribution in [3.05, 3.63) is 35.2 Å². The molecule has 0 radical (unpaired) electrons. The standard InChI is InChI=1S/C18H26N2S/c1-4-15-11-20(18(3,5-2)13-19-15)10-14-12-21-17-9-7-6-8-16(14)17/h6-9,12,15,19H,4-5,10-11,13H2,1-3H3. The lowest BCUT2D eigenvalue weighted by Crippen LogP contribution is -2.62. The summed E-state index contributed by atoms with van der Waals surface area (Å²) in [6.07, 6.45) is 2.40. The lowest BCUT2D eigenvalue weighted by Gasteiger charge is -2.48. The van der Waals surface area contributed by atoms with E-state index in [9.17, 15) is 0 Å². The van der Waals surface area contributed by atoms with Crippen LogP contribution in [0.2, 0.25) is 0 Å². The first-order chi connectivity index (χ1) is 10.2. The molecule has 0 bridgehead atoms. The molecule has 114 valence electrons. The van der Waals surface area contributed by atoms with Crippen molar-refractivity contribution in [2.75, 3.05) is 13.1 Å². The van der Waals surface area contributed by atoms with Gasteiger partial charge in [0.2, 0.25) is 0 Å². The van der Waals surface area contributed by atoms with Crippen molar-refractivity contribution >= 4 is 21.4 Å². The average molecular weight is 302 g/mol. The van der Waals surface area contributed by atoms with Gasteiger partial charge in [0.05, 0.1) is 0 Å². The Balaban J connectivity index is 1.86. The Bertz CT molecular complexity index is 606. The Morgan fingerprint density at radius 1 is 1.33 bits per heavy atom. The molecule has 2 unspecified atom stereocenters. The SMILES string of the molecule is CCC1CN(Cc2csc3ccccc23)C(C)(CC)CN1. The number of benzene rings is 1. The predicted octanol–water partition coefficient (Wildman–Crippen LogP) is 4.25. The van der Waals surface area contributed by atoms with Crippen molar-refractivity contribution in [2.45, 2.75) is 51.7 Å². The monoisotopic (exact) mass is 302 g/mol. The van der Waals surface area contributed by atoms with Crippen LogP contribution in [-0.4, -0.2) is 29.6 Å². The summed E-state index contributed by atoms with van der Waals surface area (Å²) in [5, 5.41) is 7.51. The van der Waals surface area contributed by atoms with Crippen molar-refractivity contribution in [1.82, 2.24) is 10.2 Å². The number of nitrogens with zero attached hydrogens (tertiary/aromatic N) is 1. The summed E-state index contributed by atoms with van der Waals surface area (Å²) in [5.41, 5.74) is 1.77. The van der Waals surface area contributed by atoms with Crippen LogP contribution in [0.3, 0.4) is 0 Å². The van der Waals surface area contributed by atoms with Crippen LogP contribution in [-0.2, 0) is 6.54 Å². The van der Waals surface area contributed by atoms with Gasteiger partial charge in [0.1, 0.15) is 0 Å². The van der Waals surface area contributed by atoms with E-state index in [-0.39, 0.29) is 5.54 Å². The second-order valence-corrected chi connectivity index (χ2v) is 7.39. The molecule has 1 aromatic carbocycles. The van der Waals surface area contributed by atoms with E-state index >= 15 is 0 Å². The van der Waals surface area contributed by atoms with Gasteiger partial charge < -0.3 is 5.32 Å². The van der Waals surface area contributed by atoms with E-state index in [4.69, 9.17) is 0 Å². The van der Waals surface area contributed by atoms with E-state index in [0.717, 1.165) is 19.6 Å². The van der Waals surface area contributed by atoms with Gasteiger partial charge >= 0.3 is 0 Å². The van der Waals surface area contributed by atoms with Gasteiger partial charge in [-0.3, -0.25) is 4.90 Å². The zero-order valence-corrected chi connectivity index (χ0v) is 14.2. The van der Waals surface area contributed by atoms with Gasteiger partial charge in [-0.1, -0.05) is 32.0 Å². The lowest BCUT2D eigenvalue weighted by atomic mass is 9.91. The number of thiophene rings is 1. The second-order valence-electron chi connectivity index (χ2n) is 6.47. The third kappa shape index (κ3) is 2.87. The largest absolute Gasteiger partial charge is 0.311 e. The molecule has 1 saturated heterocycles. The van der Waals surface area contributed by atoms with Crippen LogP contribution in [0.1, 0.15) is 39.2 Å². The Morgan fingerprint density at radius 2 is 2.14 bits per heavy atom. The van der Waals surface area contributed by atoms with Gasteiger partial charge in [-0.2, -0.15) is 0 Å². The van der Waals surface area contributed by atoms with Crippen molar-refractivity contribution in [3.63, 3.8) is 0 Å². The third-order valence-electron chi connectivity index (χ3n) is 5.15. The van der Waals surface area contributed by atoms with Gasteiger partial charge in [0.15, 0.2) is 0 Å². The van der Waals surface area contributed by atoms with E-state index in [1.807, 2.05) is 11.3 Å². The quantitative estimate of drug-likeness (QED) is 0.908. The molecule has 0 amide bonds. The highest BCUT2D eigenvalue weighted by molar-refractivity contribution is 7.17. The van der Waals surface area contributed by atoms with E-state index in [0.29, 0.717) is 6.04 Å². The zero-order chi connectivity index (χ0) is 14.9. The molecule has 1 aliphatic rings. The van der Waals surface area contributed by atoms with Crippen LogP contribution in [0.25, 0.3) is 10.1 Å². The molecular weight excluding hydrogens is 276 g/mol. The summed E-state index contributed by atoms with van der Waals surface area (Å²) in [6, 6.07) is 9.43. The summed E-state index contributed by atoms with van der Waals surface area (Å²) in [6.45, 7) is 10.3. The molecule has 2 heterocycles. The number of hydrogen-bond acceptors (Lipinski definition) is 3. The molecule has 21 heavy (non-hydrogen) atoms. The van der Waals surface area contributed by atoms with Crippen molar-refractivity contribution in [2.24, 2.45) is 0 Å². The molecule has 1 aromatic heterocycles. The highest BCUT2D eigenvalue weighted by Crippen LogP contribution is 2.31. The zero-order valence-electron chi connectivity index (χ0n) is 13.4. The number of hydrogen-bond donors (Lipinski definition) is 1. The van der Waals surface area contributed by atoms with Crippen molar-refractivity contribution in [1.29, 1.82) is 0 Å². The molecule has 0 aliphatic carbocycles. The summed E-state index contributed by atoms with van der Waals surface area (Å²) in [5.74, 6) is 0. The molecule has 0 spiro atoms. The number of piperazine rings is 1. The fraction of sp³-hybridized carbons (Fsp3) is 0.556. The Kier molecular flexibility index (Phi) is 4.34. The maximum absolute atomic E-state index is 3.72. The second kappa shape index (κ2) is 6.07. The Hall–Kier alpha value is -0.900. The van der Waals surface area contributed by atoms with Crippen LogP contribution in [0.5, 0.6) is 0 Å². The average Bonchev–Trinajstić information content (AvgIpc) is 2.93. The summed E-state index contributed by atoms with van der Waals surface area (Å²) < 4.78 is 1.41. The minimum Gasteiger partial charge on any atom is -0.311 e. The molecule has 1 aliphatic heterocycles. The number of fused-ring (bicyclic) bond motifs is 1. The van der Waals surface area contributed by atoms with Crippen LogP contribution in [0, 0.1) is 0 Å². The Labute approximate surface area is 132 Å². The molecule has 3 rings (SSSR count). The van der Waals surface area contributed by atoms with Gasteiger partial charge in [0.25, 0.3) is 0 Å². The van der Waals surface area contributed by atoms with Crippen LogP contribution in [0.15, 0.2) is 29.6 Å².